The minimum absolute atomic E-state index is 0.00689. The van der Waals surface area contributed by atoms with Crippen molar-refractivity contribution < 1.29 is 44.1 Å². The lowest BCUT2D eigenvalue weighted by atomic mass is 9.78. The van der Waals surface area contributed by atoms with Crippen LogP contribution < -0.4 is 14.2 Å². The number of aromatic hydroxyl groups is 2. The molecule has 0 saturated carbocycles. The fraction of sp³-hybridized carbons (Fsp3) is 0.250. The van der Waals surface area contributed by atoms with Crippen LogP contribution in [-0.2, 0) is 9.47 Å². The number of methoxy groups -OCH3 is 3. The predicted molar refractivity (Wildman–Crippen MR) is 148 cm³/mol. The van der Waals surface area contributed by atoms with E-state index >= 15 is 0 Å². The molecule has 9 heteroatoms. The van der Waals surface area contributed by atoms with Crippen LogP contribution in [0.25, 0.3) is 0 Å². The van der Waals surface area contributed by atoms with Gasteiger partial charge in [0.15, 0.2) is 17.6 Å². The minimum Gasteiger partial charge on any atom is -0.508 e. The largest absolute Gasteiger partial charge is 0.508 e. The molecule has 3 aromatic carbocycles. The first-order chi connectivity index (χ1) is 19.8. The molecule has 0 bridgehead atoms. The van der Waals surface area contributed by atoms with Crippen molar-refractivity contribution in [2.24, 2.45) is 0 Å². The van der Waals surface area contributed by atoms with Crippen molar-refractivity contribution in [1.29, 1.82) is 0 Å². The van der Waals surface area contributed by atoms with E-state index in [1.807, 2.05) is 12.1 Å². The third-order valence-electron chi connectivity index (χ3n) is 7.71. The number of hydrogen-bond acceptors (Lipinski definition) is 9. The van der Waals surface area contributed by atoms with Crippen LogP contribution in [0.5, 0.6) is 28.7 Å². The summed E-state index contributed by atoms with van der Waals surface area (Å²) in [4.78, 5) is 0. The first-order valence-corrected chi connectivity index (χ1v) is 13.1. The number of aliphatic hydroxyl groups excluding tert-OH is 2. The Morgan fingerprint density at radius 1 is 0.707 bits per heavy atom. The smallest absolute Gasteiger partial charge is 0.160 e. The molecule has 2 aliphatic heterocycles. The highest BCUT2D eigenvalue weighted by Gasteiger charge is 2.47. The lowest BCUT2D eigenvalue weighted by Crippen LogP contribution is -2.32. The molecule has 2 heterocycles. The summed E-state index contributed by atoms with van der Waals surface area (Å²) >= 11 is 0. The van der Waals surface area contributed by atoms with Gasteiger partial charge in [-0.2, -0.15) is 0 Å². The zero-order valence-electron chi connectivity index (χ0n) is 22.6. The number of phenolic OH excluding ortho intramolecular Hbond substituents is 2. The van der Waals surface area contributed by atoms with Crippen molar-refractivity contribution in [3.05, 3.63) is 112 Å². The van der Waals surface area contributed by atoms with E-state index in [1.165, 1.54) is 25.3 Å². The molecule has 6 rings (SSSR count). The quantitative estimate of drug-likeness (QED) is 0.345. The summed E-state index contributed by atoms with van der Waals surface area (Å²) < 4.78 is 29.2. The lowest BCUT2D eigenvalue weighted by Gasteiger charge is -2.35. The lowest BCUT2D eigenvalue weighted by molar-refractivity contribution is 0.00565. The van der Waals surface area contributed by atoms with Gasteiger partial charge >= 0.3 is 0 Å². The van der Waals surface area contributed by atoms with E-state index < -0.39 is 30.3 Å². The Balaban J connectivity index is 1.47. The molecule has 0 amide bonds. The molecule has 0 saturated heterocycles. The normalized spacial score (nSPS) is 24.8. The molecule has 0 radical (unpaired) electrons. The molecule has 0 spiro atoms. The second-order valence-electron chi connectivity index (χ2n) is 10.1. The molecular formula is C32H30O9. The maximum atomic E-state index is 11.8. The minimum atomic E-state index is -1.15. The first kappa shape index (κ1) is 26.6. The summed E-state index contributed by atoms with van der Waals surface area (Å²) in [7, 11) is 4.61. The Morgan fingerprint density at radius 3 is 2.05 bits per heavy atom. The number of allylic oxidation sites excluding steroid dienone is 1. The maximum absolute atomic E-state index is 11.8. The molecule has 0 fully saturated rings. The van der Waals surface area contributed by atoms with Gasteiger partial charge in [-0.1, -0.05) is 18.2 Å². The Kier molecular flexibility index (Phi) is 6.76. The fourth-order valence-corrected chi connectivity index (χ4v) is 5.69. The van der Waals surface area contributed by atoms with E-state index in [-0.39, 0.29) is 17.2 Å². The van der Waals surface area contributed by atoms with Crippen LogP contribution in [0.2, 0.25) is 0 Å². The van der Waals surface area contributed by atoms with Gasteiger partial charge in [-0.25, -0.2) is 0 Å². The summed E-state index contributed by atoms with van der Waals surface area (Å²) in [5.74, 6) is 1.86. The van der Waals surface area contributed by atoms with Gasteiger partial charge in [0.1, 0.15) is 47.1 Å². The Hall–Kier alpha value is -4.60. The molecule has 41 heavy (non-hydrogen) atoms. The van der Waals surface area contributed by atoms with Crippen molar-refractivity contribution in [2.75, 3.05) is 21.3 Å². The number of ether oxygens (including phenoxy) is 5. The Labute approximate surface area is 236 Å². The summed E-state index contributed by atoms with van der Waals surface area (Å²) in [6.45, 7) is 0. The van der Waals surface area contributed by atoms with Gasteiger partial charge in [0, 0.05) is 23.3 Å². The van der Waals surface area contributed by atoms with Crippen LogP contribution in [0.1, 0.15) is 34.8 Å². The van der Waals surface area contributed by atoms with Crippen LogP contribution in [0, 0.1) is 0 Å². The van der Waals surface area contributed by atoms with Crippen LogP contribution in [0.4, 0.5) is 0 Å². The molecule has 9 nitrogen and oxygen atoms in total. The van der Waals surface area contributed by atoms with Crippen LogP contribution in [0.15, 0.2) is 95.5 Å². The monoisotopic (exact) mass is 558 g/mol. The second kappa shape index (κ2) is 10.4. The summed E-state index contributed by atoms with van der Waals surface area (Å²) in [5, 5.41) is 42.7. The topological polar surface area (TPSA) is 127 Å². The molecule has 5 atom stereocenters. The molecule has 4 N–H and O–H groups in total. The van der Waals surface area contributed by atoms with Gasteiger partial charge < -0.3 is 44.1 Å². The number of rotatable bonds is 6. The van der Waals surface area contributed by atoms with E-state index in [1.54, 1.807) is 56.7 Å². The van der Waals surface area contributed by atoms with Crippen LogP contribution in [-0.4, -0.2) is 54.0 Å². The molecule has 3 aliphatic rings. The Bertz CT molecular complexity index is 1550. The summed E-state index contributed by atoms with van der Waals surface area (Å²) in [5.41, 5.74) is 3.18. The number of benzene rings is 3. The average molecular weight is 559 g/mol. The van der Waals surface area contributed by atoms with Crippen molar-refractivity contribution >= 4 is 0 Å². The number of hydrogen-bond donors (Lipinski definition) is 4. The van der Waals surface area contributed by atoms with Gasteiger partial charge in [-0.05, 0) is 59.2 Å². The highest BCUT2D eigenvalue weighted by atomic mass is 16.5. The Morgan fingerprint density at radius 2 is 1.39 bits per heavy atom. The van der Waals surface area contributed by atoms with Crippen molar-refractivity contribution in [3.8, 4) is 28.7 Å². The zero-order valence-corrected chi connectivity index (χ0v) is 22.6. The number of phenols is 2. The first-order valence-electron chi connectivity index (χ1n) is 13.1. The van der Waals surface area contributed by atoms with E-state index in [4.69, 9.17) is 23.7 Å². The van der Waals surface area contributed by atoms with E-state index in [2.05, 4.69) is 0 Å². The van der Waals surface area contributed by atoms with E-state index in [9.17, 15) is 20.4 Å². The summed E-state index contributed by atoms with van der Waals surface area (Å²) in [6.07, 6.45) is -0.213. The average Bonchev–Trinajstić information content (AvgIpc) is 3.37. The number of aliphatic hydroxyl groups is 2. The molecule has 1 aliphatic carbocycles. The van der Waals surface area contributed by atoms with Gasteiger partial charge in [0.25, 0.3) is 0 Å². The fourth-order valence-electron chi connectivity index (χ4n) is 5.69. The van der Waals surface area contributed by atoms with E-state index in [0.29, 0.717) is 45.3 Å². The van der Waals surface area contributed by atoms with Gasteiger partial charge in [-0.15, -0.1) is 0 Å². The van der Waals surface area contributed by atoms with Crippen molar-refractivity contribution in [2.45, 2.75) is 30.3 Å². The molecule has 3 unspecified atom stereocenters. The molecular weight excluding hydrogens is 528 g/mol. The van der Waals surface area contributed by atoms with Gasteiger partial charge in [-0.3, -0.25) is 0 Å². The highest BCUT2D eigenvalue weighted by Crippen LogP contribution is 2.55. The molecule has 212 valence electrons. The molecule has 3 aromatic rings. The highest BCUT2D eigenvalue weighted by molar-refractivity contribution is 5.57. The van der Waals surface area contributed by atoms with Gasteiger partial charge in [0.2, 0.25) is 0 Å². The van der Waals surface area contributed by atoms with Crippen LogP contribution in [0.3, 0.4) is 0 Å². The van der Waals surface area contributed by atoms with Crippen molar-refractivity contribution in [1.82, 2.24) is 0 Å². The third kappa shape index (κ3) is 4.63. The molecule has 0 aromatic heterocycles. The SMILES string of the molecule is COc1cc(OC)cc(C2C3=C(C=C4O[C@H](c5ccc(O)cc5)[C@@H](O)C=C4C3O)OC2c2ccc(O)c(OC)c2)c1. The third-order valence-corrected chi connectivity index (χ3v) is 7.71. The zero-order chi connectivity index (χ0) is 28.8. The summed E-state index contributed by atoms with van der Waals surface area (Å²) in [6, 6.07) is 16.9. The van der Waals surface area contributed by atoms with Crippen molar-refractivity contribution in [3.63, 3.8) is 0 Å². The van der Waals surface area contributed by atoms with Gasteiger partial charge in [0.05, 0.1) is 27.2 Å². The number of fused-ring (bicyclic) bond motifs is 1. The standard InChI is InChI=1S/C32H30O9/c1-37-20-10-18(11-21(13-20)38-2)28-29-27(41-32(28)17-6-9-23(34)26(12-17)39-3)15-25-22(30(29)36)14-24(35)31(40-25)16-4-7-19(33)8-5-16/h4-15,24,28,30-36H,1-3H3/t24-,28?,30?,31+,32?/m0/s1. The second-order valence-corrected chi connectivity index (χ2v) is 10.1. The predicted octanol–water partition coefficient (Wildman–Crippen LogP) is 4.55. The van der Waals surface area contributed by atoms with Crippen LogP contribution >= 0.6 is 0 Å². The van der Waals surface area contributed by atoms with E-state index in [0.717, 1.165) is 5.56 Å². The maximum Gasteiger partial charge on any atom is 0.160 e.